The molecule has 3 amide bonds. The minimum Gasteiger partial charge on any atom is -0.355 e. The standard InChI is InChI=1S/C26H35N5O3S/c1-30-17-20(16-28-30)25(33)29-21-11-13-31(14-12-21)26(34)22-9-5-6-10-23(22)35-18-24(32)27-15-19-7-3-2-4-8-19/h5-6,9-10,16-17,19,21H,2-4,7-8,11-15,18H2,1H3,(H,27,32)(H,29,33). The van der Waals surface area contributed by atoms with Crippen molar-refractivity contribution in [3.8, 4) is 0 Å². The smallest absolute Gasteiger partial charge is 0.254 e. The van der Waals surface area contributed by atoms with Crippen LogP contribution < -0.4 is 10.6 Å². The number of aryl methyl sites for hydroxylation is 1. The van der Waals surface area contributed by atoms with Crippen LogP contribution in [0.2, 0.25) is 0 Å². The number of benzene rings is 1. The van der Waals surface area contributed by atoms with Gasteiger partial charge in [-0.1, -0.05) is 31.4 Å². The lowest BCUT2D eigenvalue weighted by molar-refractivity contribution is -0.118. The van der Waals surface area contributed by atoms with Crippen molar-refractivity contribution in [1.82, 2.24) is 25.3 Å². The van der Waals surface area contributed by atoms with Gasteiger partial charge in [-0.05, 0) is 43.7 Å². The number of nitrogens with one attached hydrogen (secondary N) is 2. The van der Waals surface area contributed by atoms with E-state index in [1.165, 1.54) is 43.9 Å². The third-order valence-electron chi connectivity index (χ3n) is 6.87. The van der Waals surface area contributed by atoms with Gasteiger partial charge in [0.25, 0.3) is 11.8 Å². The molecule has 4 rings (SSSR count). The molecular formula is C26H35N5O3S. The van der Waals surface area contributed by atoms with Crippen LogP contribution in [0.15, 0.2) is 41.6 Å². The maximum absolute atomic E-state index is 13.3. The molecule has 1 aliphatic carbocycles. The highest BCUT2D eigenvalue weighted by molar-refractivity contribution is 8.00. The molecule has 1 aromatic heterocycles. The molecule has 0 atom stereocenters. The van der Waals surface area contributed by atoms with Gasteiger partial charge >= 0.3 is 0 Å². The zero-order valence-electron chi connectivity index (χ0n) is 20.4. The monoisotopic (exact) mass is 497 g/mol. The summed E-state index contributed by atoms with van der Waals surface area (Å²) in [6.07, 6.45) is 10.9. The molecule has 1 aromatic carbocycles. The molecule has 9 heteroatoms. The molecule has 188 valence electrons. The van der Waals surface area contributed by atoms with Crippen LogP contribution >= 0.6 is 11.8 Å². The molecule has 0 spiro atoms. The number of carbonyl (C=O) groups is 3. The zero-order valence-corrected chi connectivity index (χ0v) is 21.2. The van der Waals surface area contributed by atoms with Crippen molar-refractivity contribution in [3.63, 3.8) is 0 Å². The minimum absolute atomic E-state index is 0.0206. The number of thioether (sulfide) groups is 1. The van der Waals surface area contributed by atoms with Gasteiger partial charge in [-0.3, -0.25) is 19.1 Å². The second kappa shape index (κ2) is 12.2. The Morgan fingerprint density at radius 1 is 1.06 bits per heavy atom. The summed E-state index contributed by atoms with van der Waals surface area (Å²) in [6.45, 7) is 1.92. The number of amides is 3. The first-order valence-electron chi connectivity index (χ1n) is 12.6. The molecule has 1 saturated heterocycles. The van der Waals surface area contributed by atoms with Crippen LogP contribution in [-0.4, -0.2) is 63.8 Å². The van der Waals surface area contributed by atoms with Crippen molar-refractivity contribution in [3.05, 3.63) is 47.8 Å². The first-order valence-corrected chi connectivity index (χ1v) is 13.6. The second-order valence-corrected chi connectivity index (χ2v) is 10.6. The lowest BCUT2D eigenvalue weighted by Gasteiger charge is -2.32. The summed E-state index contributed by atoms with van der Waals surface area (Å²) in [5.41, 5.74) is 1.18. The number of nitrogens with zero attached hydrogens (tertiary/aromatic N) is 3. The summed E-state index contributed by atoms with van der Waals surface area (Å²) < 4.78 is 1.60. The summed E-state index contributed by atoms with van der Waals surface area (Å²) in [6, 6.07) is 7.54. The van der Waals surface area contributed by atoms with Crippen molar-refractivity contribution >= 4 is 29.5 Å². The van der Waals surface area contributed by atoms with E-state index >= 15 is 0 Å². The van der Waals surface area contributed by atoms with E-state index < -0.39 is 0 Å². The SMILES string of the molecule is Cn1cc(C(=O)NC2CCN(C(=O)c3ccccc3SCC(=O)NCC3CCCCC3)CC2)cn1. The molecular weight excluding hydrogens is 462 g/mol. The van der Waals surface area contributed by atoms with Crippen LogP contribution in [-0.2, 0) is 11.8 Å². The summed E-state index contributed by atoms with van der Waals surface area (Å²) in [5.74, 6) is 0.773. The number of hydrogen-bond donors (Lipinski definition) is 2. The van der Waals surface area contributed by atoms with E-state index in [0.29, 0.717) is 48.7 Å². The fourth-order valence-electron chi connectivity index (χ4n) is 4.82. The van der Waals surface area contributed by atoms with Gasteiger partial charge in [-0.25, -0.2) is 0 Å². The van der Waals surface area contributed by atoms with E-state index in [-0.39, 0.29) is 23.8 Å². The molecule has 2 heterocycles. The number of likely N-dealkylation sites (tertiary alicyclic amines) is 1. The maximum atomic E-state index is 13.3. The van der Waals surface area contributed by atoms with E-state index in [0.717, 1.165) is 11.4 Å². The van der Waals surface area contributed by atoms with Gasteiger partial charge in [0.1, 0.15) is 0 Å². The van der Waals surface area contributed by atoms with E-state index in [4.69, 9.17) is 0 Å². The van der Waals surface area contributed by atoms with Crippen molar-refractivity contribution in [1.29, 1.82) is 0 Å². The topological polar surface area (TPSA) is 96.3 Å². The molecule has 0 unspecified atom stereocenters. The lowest BCUT2D eigenvalue weighted by Crippen LogP contribution is -2.46. The molecule has 2 N–H and O–H groups in total. The van der Waals surface area contributed by atoms with Crippen LogP contribution in [0.5, 0.6) is 0 Å². The van der Waals surface area contributed by atoms with E-state index in [1.807, 2.05) is 29.2 Å². The minimum atomic E-state index is -0.133. The highest BCUT2D eigenvalue weighted by Gasteiger charge is 2.26. The van der Waals surface area contributed by atoms with Gasteiger partial charge in [-0.2, -0.15) is 5.10 Å². The molecule has 2 fully saturated rings. The fraction of sp³-hybridized carbons (Fsp3) is 0.538. The Balaban J connectivity index is 1.25. The second-order valence-electron chi connectivity index (χ2n) is 9.54. The van der Waals surface area contributed by atoms with Crippen LogP contribution in [0.4, 0.5) is 0 Å². The van der Waals surface area contributed by atoms with Crippen molar-refractivity contribution in [2.24, 2.45) is 13.0 Å². The quantitative estimate of drug-likeness (QED) is 0.546. The van der Waals surface area contributed by atoms with Gasteiger partial charge in [-0.15, -0.1) is 11.8 Å². The van der Waals surface area contributed by atoms with E-state index in [9.17, 15) is 14.4 Å². The Kier molecular flexibility index (Phi) is 8.84. The summed E-state index contributed by atoms with van der Waals surface area (Å²) in [5, 5.41) is 10.2. The van der Waals surface area contributed by atoms with E-state index in [1.54, 1.807) is 24.1 Å². The highest BCUT2D eigenvalue weighted by atomic mass is 32.2. The Morgan fingerprint density at radius 3 is 2.51 bits per heavy atom. The Labute approximate surface area is 211 Å². The van der Waals surface area contributed by atoms with Gasteiger partial charge < -0.3 is 15.5 Å². The number of rotatable bonds is 8. The summed E-state index contributed by atoms with van der Waals surface area (Å²) in [4.78, 5) is 40.7. The number of piperidine rings is 1. The van der Waals surface area contributed by atoms with Crippen LogP contribution in [0.3, 0.4) is 0 Å². The van der Waals surface area contributed by atoms with Gasteiger partial charge in [0, 0.05) is 43.8 Å². The molecule has 1 aliphatic heterocycles. The Hall–Kier alpha value is -2.81. The first kappa shape index (κ1) is 25.3. The number of carbonyl (C=O) groups excluding carboxylic acids is 3. The highest BCUT2D eigenvalue weighted by Crippen LogP contribution is 2.26. The average molecular weight is 498 g/mol. The molecule has 35 heavy (non-hydrogen) atoms. The zero-order chi connectivity index (χ0) is 24.6. The molecule has 0 radical (unpaired) electrons. The lowest BCUT2D eigenvalue weighted by atomic mass is 9.89. The number of aromatic nitrogens is 2. The maximum Gasteiger partial charge on any atom is 0.254 e. The van der Waals surface area contributed by atoms with Crippen LogP contribution in [0.1, 0.15) is 65.7 Å². The molecule has 8 nitrogen and oxygen atoms in total. The third-order valence-corrected chi connectivity index (χ3v) is 7.95. The molecule has 2 aromatic rings. The van der Waals surface area contributed by atoms with Gasteiger partial charge in [0.05, 0.1) is 23.1 Å². The van der Waals surface area contributed by atoms with Crippen molar-refractivity contribution < 1.29 is 14.4 Å². The van der Waals surface area contributed by atoms with Gasteiger partial charge in [0.15, 0.2) is 0 Å². The first-order chi connectivity index (χ1) is 17.0. The van der Waals surface area contributed by atoms with Crippen molar-refractivity contribution in [2.75, 3.05) is 25.4 Å². The normalized spacial score (nSPS) is 17.2. The summed E-state index contributed by atoms with van der Waals surface area (Å²) in [7, 11) is 1.78. The molecule has 1 saturated carbocycles. The third kappa shape index (κ3) is 7.10. The predicted molar refractivity (Wildman–Crippen MR) is 136 cm³/mol. The molecule has 2 aliphatic rings. The largest absolute Gasteiger partial charge is 0.355 e. The summed E-state index contributed by atoms with van der Waals surface area (Å²) >= 11 is 1.42. The average Bonchev–Trinajstić information content (AvgIpc) is 3.33. The molecule has 0 bridgehead atoms. The Bertz CT molecular complexity index is 1030. The van der Waals surface area contributed by atoms with Crippen molar-refractivity contribution in [2.45, 2.75) is 55.9 Å². The van der Waals surface area contributed by atoms with Crippen LogP contribution in [0, 0.1) is 5.92 Å². The van der Waals surface area contributed by atoms with Crippen LogP contribution in [0.25, 0.3) is 0 Å². The fourth-order valence-corrected chi connectivity index (χ4v) is 5.69. The number of hydrogen-bond acceptors (Lipinski definition) is 5. The van der Waals surface area contributed by atoms with E-state index in [2.05, 4.69) is 15.7 Å². The predicted octanol–water partition coefficient (Wildman–Crippen LogP) is 3.24. The van der Waals surface area contributed by atoms with Gasteiger partial charge in [0.2, 0.25) is 5.91 Å². The Morgan fingerprint density at radius 2 is 1.80 bits per heavy atom.